The third-order valence-electron chi connectivity index (χ3n) is 5.06. The minimum atomic E-state index is 0.158. The maximum Gasteiger partial charge on any atom is 0.254 e. The fraction of sp³-hybridized carbons (Fsp3) is 0.381. The third-order valence-corrected chi connectivity index (χ3v) is 5.06. The Balaban J connectivity index is 1.57. The molecular formula is C21H26N2O2. The van der Waals surface area contributed by atoms with Crippen molar-refractivity contribution in [1.29, 1.82) is 0 Å². The first-order valence-corrected chi connectivity index (χ1v) is 8.79. The van der Waals surface area contributed by atoms with Crippen LogP contribution >= 0.6 is 0 Å². The van der Waals surface area contributed by atoms with Crippen LogP contribution in [-0.2, 0) is 6.54 Å². The zero-order chi connectivity index (χ0) is 17.8. The Kier molecular flexibility index (Phi) is 5.39. The molecule has 0 aromatic heterocycles. The summed E-state index contributed by atoms with van der Waals surface area (Å²) < 4.78 is 5.20. The smallest absolute Gasteiger partial charge is 0.254 e. The number of hydrogen-bond acceptors (Lipinski definition) is 3. The molecule has 0 unspecified atom stereocenters. The normalized spacial score (nSPS) is 15.2. The second kappa shape index (κ2) is 7.70. The van der Waals surface area contributed by atoms with Gasteiger partial charge in [-0.1, -0.05) is 24.3 Å². The molecule has 25 heavy (non-hydrogen) atoms. The first-order chi connectivity index (χ1) is 12.1. The summed E-state index contributed by atoms with van der Waals surface area (Å²) in [6.07, 6.45) is 0. The van der Waals surface area contributed by atoms with Crippen LogP contribution in [0.3, 0.4) is 0 Å². The van der Waals surface area contributed by atoms with Crippen molar-refractivity contribution in [3.8, 4) is 5.75 Å². The van der Waals surface area contributed by atoms with E-state index in [-0.39, 0.29) is 5.91 Å². The van der Waals surface area contributed by atoms with Gasteiger partial charge in [-0.15, -0.1) is 0 Å². The highest BCUT2D eigenvalue weighted by Crippen LogP contribution is 2.18. The second-order valence-corrected chi connectivity index (χ2v) is 6.66. The van der Waals surface area contributed by atoms with Crippen LogP contribution in [0.15, 0.2) is 42.5 Å². The summed E-state index contributed by atoms with van der Waals surface area (Å²) in [6.45, 7) is 8.37. The Bertz CT molecular complexity index is 732. The largest absolute Gasteiger partial charge is 0.497 e. The molecule has 4 nitrogen and oxygen atoms in total. The Morgan fingerprint density at radius 1 is 1.00 bits per heavy atom. The van der Waals surface area contributed by atoms with Gasteiger partial charge in [-0.2, -0.15) is 0 Å². The monoisotopic (exact) mass is 338 g/mol. The molecule has 0 radical (unpaired) electrons. The second-order valence-electron chi connectivity index (χ2n) is 6.66. The molecule has 0 bridgehead atoms. The zero-order valence-corrected chi connectivity index (χ0v) is 15.3. The predicted octanol–water partition coefficient (Wildman–Crippen LogP) is 3.27. The van der Waals surface area contributed by atoms with Gasteiger partial charge < -0.3 is 9.64 Å². The minimum absolute atomic E-state index is 0.158. The lowest BCUT2D eigenvalue weighted by Crippen LogP contribution is -2.48. The van der Waals surface area contributed by atoms with Gasteiger partial charge in [0, 0.05) is 38.3 Å². The van der Waals surface area contributed by atoms with E-state index in [1.54, 1.807) is 7.11 Å². The van der Waals surface area contributed by atoms with E-state index in [2.05, 4.69) is 30.0 Å². The number of carbonyl (C=O) groups is 1. The molecule has 0 spiro atoms. The molecule has 1 amide bonds. The quantitative estimate of drug-likeness (QED) is 0.858. The van der Waals surface area contributed by atoms with E-state index in [0.29, 0.717) is 0 Å². The van der Waals surface area contributed by atoms with Crippen LogP contribution in [0, 0.1) is 13.8 Å². The van der Waals surface area contributed by atoms with Crippen molar-refractivity contribution < 1.29 is 9.53 Å². The number of piperazine rings is 1. The van der Waals surface area contributed by atoms with Gasteiger partial charge in [0.05, 0.1) is 7.11 Å². The molecule has 0 aliphatic carbocycles. The fourth-order valence-corrected chi connectivity index (χ4v) is 3.25. The van der Waals surface area contributed by atoms with E-state index < -0.39 is 0 Å². The molecule has 0 atom stereocenters. The van der Waals surface area contributed by atoms with E-state index in [1.165, 1.54) is 11.1 Å². The van der Waals surface area contributed by atoms with Crippen LogP contribution in [0.25, 0.3) is 0 Å². The zero-order valence-electron chi connectivity index (χ0n) is 15.3. The number of amides is 1. The summed E-state index contributed by atoms with van der Waals surface area (Å²) in [4.78, 5) is 17.2. The van der Waals surface area contributed by atoms with E-state index in [4.69, 9.17) is 4.74 Å². The van der Waals surface area contributed by atoms with Crippen molar-refractivity contribution >= 4 is 5.91 Å². The summed E-state index contributed by atoms with van der Waals surface area (Å²) in [5, 5.41) is 0. The standard InChI is InChI=1S/C21H26N2O2/c1-16-5-4-6-20(17(16)2)21(24)23-13-11-22(12-14-23)15-18-7-9-19(25-3)10-8-18/h4-10H,11-15H2,1-3H3. The average molecular weight is 338 g/mol. The molecule has 0 N–H and O–H groups in total. The predicted molar refractivity (Wildman–Crippen MR) is 100 cm³/mol. The van der Waals surface area contributed by atoms with E-state index >= 15 is 0 Å². The third kappa shape index (κ3) is 4.02. The number of methoxy groups -OCH3 is 1. The first kappa shape index (κ1) is 17.5. The topological polar surface area (TPSA) is 32.8 Å². The van der Waals surface area contributed by atoms with E-state index in [1.807, 2.05) is 36.1 Å². The molecule has 132 valence electrons. The molecular weight excluding hydrogens is 312 g/mol. The Morgan fingerprint density at radius 3 is 2.32 bits per heavy atom. The van der Waals surface area contributed by atoms with Gasteiger partial charge >= 0.3 is 0 Å². The lowest BCUT2D eigenvalue weighted by Gasteiger charge is -2.35. The highest BCUT2D eigenvalue weighted by molar-refractivity contribution is 5.96. The molecule has 3 rings (SSSR count). The van der Waals surface area contributed by atoms with Crippen LogP contribution in [0.5, 0.6) is 5.75 Å². The van der Waals surface area contributed by atoms with Crippen molar-refractivity contribution in [2.24, 2.45) is 0 Å². The van der Waals surface area contributed by atoms with E-state index in [9.17, 15) is 4.79 Å². The van der Waals surface area contributed by atoms with Gasteiger partial charge in [-0.25, -0.2) is 0 Å². The van der Waals surface area contributed by atoms with Crippen LogP contribution in [-0.4, -0.2) is 49.0 Å². The number of rotatable bonds is 4. The number of hydrogen-bond donors (Lipinski definition) is 0. The summed E-state index contributed by atoms with van der Waals surface area (Å²) in [7, 11) is 1.68. The maximum atomic E-state index is 12.8. The van der Waals surface area contributed by atoms with Crippen LogP contribution in [0.1, 0.15) is 27.0 Å². The molecule has 1 aliphatic rings. The van der Waals surface area contributed by atoms with Crippen LogP contribution in [0.4, 0.5) is 0 Å². The Hall–Kier alpha value is -2.33. The van der Waals surface area contributed by atoms with Gasteiger partial charge in [-0.3, -0.25) is 9.69 Å². The molecule has 2 aromatic rings. The van der Waals surface area contributed by atoms with Crippen molar-refractivity contribution in [3.63, 3.8) is 0 Å². The summed E-state index contributed by atoms with van der Waals surface area (Å²) in [6, 6.07) is 14.2. The van der Waals surface area contributed by atoms with Crippen molar-refractivity contribution in [3.05, 3.63) is 64.7 Å². The molecule has 1 heterocycles. The van der Waals surface area contributed by atoms with E-state index in [0.717, 1.165) is 49.6 Å². The Morgan fingerprint density at radius 2 is 1.68 bits per heavy atom. The molecule has 1 saturated heterocycles. The molecule has 1 aliphatic heterocycles. The van der Waals surface area contributed by atoms with Crippen molar-refractivity contribution in [2.75, 3.05) is 33.3 Å². The van der Waals surface area contributed by atoms with Crippen molar-refractivity contribution in [1.82, 2.24) is 9.80 Å². The van der Waals surface area contributed by atoms with Gasteiger partial charge in [-0.05, 0) is 48.7 Å². The first-order valence-electron chi connectivity index (χ1n) is 8.79. The number of ether oxygens (including phenoxy) is 1. The van der Waals surface area contributed by atoms with Crippen LogP contribution < -0.4 is 4.74 Å². The molecule has 1 fully saturated rings. The minimum Gasteiger partial charge on any atom is -0.497 e. The van der Waals surface area contributed by atoms with Gasteiger partial charge in [0.25, 0.3) is 5.91 Å². The van der Waals surface area contributed by atoms with Gasteiger partial charge in [0.1, 0.15) is 5.75 Å². The number of benzene rings is 2. The summed E-state index contributed by atoms with van der Waals surface area (Å²) in [5.41, 5.74) is 4.37. The summed E-state index contributed by atoms with van der Waals surface area (Å²) >= 11 is 0. The van der Waals surface area contributed by atoms with Crippen molar-refractivity contribution in [2.45, 2.75) is 20.4 Å². The fourth-order valence-electron chi connectivity index (χ4n) is 3.25. The Labute approximate surface area is 150 Å². The van der Waals surface area contributed by atoms with Gasteiger partial charge in [0.2, 0.25) is 0 Å². The van der Waals surface area contributed by atoms with Crippen LogP contribution in [0.2, 0.25) is 0 Å². The highest BCUT2D eigenvalue weighted by atomic mass is 16.5. The lowest BCUT2D eigenvalue weighted by atomic mass is 10.0. The number of nitrogens with zero attached hydrogens (tertiary/aromatic N) is 2. The molecule has 2 aromatic carbocycles. The molecule has 4 heteroatoms. The number of carbonyl (C=O) groups excluding carboxylic acids is 1. The highest BCUT2D eigenvalue weighted by Gasteiger charge is 2.23. The summed E-state index contributed by atoms with van der Waals surface area (Å²) in [5.74, 6) is 1.04. The average Bonchev–Trinajstić information content (AvgIpc) is 2.65. The SMILES string of the molecule is COc1ccc(CN2CCN(C(=O)c3cccc(C)c3C)CC2)cc1. The maximum absolute atomic E-state index is 12.8. The molecule has 0 saturated carbocycles. The number of aryl methyl sites for hydroxylation is 1. The lowest BCUT2D eigenvalue weighted by molar-refractivity contribution is 0.0627. The van der Waals surface area contributed by atoms with Gasteiger partial charge in [0.15, 0.2) is 0 Å².